The summed E-state index contributed by atoms with van der Waals surface area (Å²) in [6.07, 6.45) is 1.62. The van der Waals surface area contributed by atoms with Crippen molar-refractivity contribution in [1.82, 2.24) is 15.1 Å². The Labute approximate surface area is 131 Å². The molecule has 3 rings (SSSR count). The lowest BCUT2D eigenvalue weighted by Crippen LogP contribution is -2.01. The van der Waals surface area contributed by atoms with Gasteiger partial charge in [-0.15, -0.1) is 0 Å². The molecule has 8 nitrogen and oxygen atoms in total. The van der Waals surface area contributed by atoms with Gasteiger partial charge in [-0.2, -0.15) is 4.98 Å². The molecule has 0 amide bonds. The van der Waals surface area contributed by atoms with Crippen molar-refractivity contribution in [2.24, 2.45) is 0 Å². The summed E-state index contributed by atoms with van der Waals surface area (Å²) < 4.78 is 5.17. The van der Waals surface area contributed by atoms with E-state index in [1.165, 1.54) is 6.07 Å². The van der Waals surface area contributed by atoms with Crippen LogP contribution in [0.5, 0.6) is 0 Å². The van der Waals surface area contributed by atoms with Crippen LogP contribution < -0.4 is 5.32 Å². The lowest BCUT2D eigenvalue weighted by Gasteiger charge is -2.04. The minimum Gasteiger partial charge on any atom is -0.380 e. The number of nitrogens with one attached hydrogen (secondary N) is 1. The second kappa shape index (κ2) is 6.22. The SMILES string of the molecule is CCNc1ccc(-c2noc(-c3ccccn3)n2)cc1[N+](=O)[O-]. The van der Waals surface area contributed by atoms with Crippen molar-refractivity contribution in [3.63, 3.8) is 0 Å². The Hall–Kier alpha value is -3.29. The average Bonchev–Trinajstić information content (AvgIpc) is 3.06. The second-order valence-electron chi connectivity index (χ2n) is 4.66. The number of nitro benzene ring substituents is 1. The molecule has 0 atom stereocenters. The molecule has 0 fully saturated rings. The Balaban J connectivity index is 1.98. The largest absolute Gasteiger partial charge is 0.380 e. The molecule has 1 N–H and O–H groups in total. The third-order valence-corrected chi connectivity index (χ3v) is 3.13. The second-order valence-corrected chi connectivity index (χ2v) is 4.66. The first-order chi connectivity index (χ1) is 11.2. The Morgan fingerprint density at radius 1 is 1.30 bits per heavy atom. The van der Waals surface area contributed by atoms with E-state index in [1.54, 1.807) is 30.5 Å². The number of hydrogen-bond donors (Lipinski definition) is 1. The highest BCUT2D eigenvalue weighted by molar-refractivity contribution is 5.70. The minimum atomic E-state index is -0.443. The summed E-state index contributed by atoms with van der Waals surface area (Å²) in [7, 11) is 0. The van der Waals surface area contributed by atoms with Crippen LogP contribution in [-0.4, -0.2) is 26.6 Å². The number of benzene rings is 1. The number of aromatic nitrogens is 3. The molecule has 0 aliphatic carbocycles. The van der Waals surface area contributed by atoms with Crippen molar-refractivity contribution < 1.29 is 9.45 Å². The lowest BCUT2D eigenvalue weighted by atomic mass is 10.1. The standard InChI is InChI=1S/C15H13N5O3/c1-2-16-11-7-6-10(9-13(11)20(21)22)14-18-15(23-19-14)12-5-3-4-8-17-12/h3-9,16H,2H2,1H3. The van der Waals surface area contributed by atoms with Gasteiger partial charge in [-0.25, -0.2) is 0 Å². The molecule has 0 aliphatic heterocycles. The van der Waals surface area contributed by atoms with Crippen LogP contribution in [0, 0.1) is 10.1 Å². The van der Waals surface area contributed by atoms with Gasteiger partial charge in [-0.3, -0.25) is 15.1 Å². The van der Waals surface area contributed by atoms with E-state index >= 15 is 0 Å². The maximum Gasteiger partial charge on any atom is 0.293 e. The lowest BCUT2D eigenvalue weighted by molar-refractivity contribution is -0.383. The fraction of sp³-hybridized carbons (Fsp3) is 0.133. The summed E-state index contributed by atoms with van der Waals surface area (Å²) in [6.45, 7) is 2.46. The van der Waals surface area contributed by atoms with Crippen LogP contribution in [0.4, 0.5) is 11.4 Å². The quantitative estimate of drug-likeness (QED) is 0.569. The number of nitro groups is 1. The molecule has 0 unspecified atom stereocenters. The van der Waals surface area contributed by atoms with Crippen LogP contribution in [0.15, 0.2) is 47.1 Å². The molecule has 0 spiro atoms. The number of nitrogens with zero attached hydrogens (tertiary/aromatic N) is 4. The minimum absolute atomic E-state index is 0.0338. The van der Waals surface area contributed by atoms with Crippen LogP contribution in [-0.2, 0) is 0 Å². The Bertz CT molecular complexity index is 832. The van der Waals surface area contributed by atoms with Gasteiger partial charge in [0.2, 0.25) is 5.82 Å². The van der Waals surface area contributed by atoms with Crippen LogP contribution in [0.3, 0.4) is 0 Å². The van der Waals surface area contributed by atoms with Crippen molar-refractivity contribution in [2.45, 2.75) is 6.92 Å². The van der Waals surface area contributed by atoms with Crippen molar-refractivity contribution >= 4 is 11.4 Å². The molecule has 0 radical (unpaired) electrons. The zero-order valence-electron chi connectivity index (χ0n) is 12.3. The molecule has 0 bridgehead atoms. The Morgan fingerprint density at radius 2 is 2.17 bits per heavy atom. The molecule has 8 heteroatoms. The van der Waals surface area contributed by atoms with Gasteiger partial charge in [-0.1, -0.05) is 11.2 Å². The van der Waals surface area contributed by atoms with E-state index in [0.29, 0.717) is 23.5 Å². The zero-order chi connectivity index (χ0) is 16.2. The molecule has 0 saturated carbocycles. The number of pyridine rings is 1. The zero-order valence-corrected chi connectivity index (χ0v) is 12.3. The van der Waals surface area contributed by atoms with Crippen LogP contribution in [0.1, 0.15) is 6.92 Å². The summed E-state index contributed by atoms with van der Waals surface area (Å²) >= 11 is 0. The van der Waals surface area contributed by atoms with Crippen molar-refractivity contribution in [1.29, 1.82) is 0 Å². The predicted molar refractivity (Wildman–Crippen MR) is 83.8 cm³/mol. The summed E-state index contributed by atoms with van der Waals surface area (Å²) in [6, 6.07) is 10.1. The normalized spacial score (nSPS) is 10.5. The molecule has 2 heterocycles. The van der Waals surface area contributed by atoms with E-state index in [1.807, 2.05) is 13.0 Å². The molecule has 0 aliphatic rings. The molecular weight excluding hydrogens is 298 g/mol. The van der Waals surface area contributed by atoms with E-state index in [0.717, 1.165) is 0 Å². The van der Waals surface area contributed by atoms with Gasteiger partial charge in [0.1, 0.15) is 11.4 Å². The first-order valence-corrected chi connectivity index (χ1v) is 6.97. The van der Waals surface area contributed by atoms with E-state index in [9.17, 15) is 10.1 Å². The first kappa shape index (κ1) is 14.6. The van der Waals surface area contributed by atoms with Gasteiger partial charge < -0.3 is 9.84 Å². The van der Waals surface area contributed by atoms with Crippen LogP contribution >= 0.6 is 0 Å². The number of rotatable bonds is 5. The van der Waals surface area contributed by atoms with Crippen LogP contribution in [0.25, 0.3) is 23.0 Å². The molecule has 0 saturated heterocycles. The molecule has 1 aromatic carbocycles. The van der Waals surface area contributed by atoms with Gasteiger partial charge in [-0.05, 0) is 31.2 Å². The van der Waals surface area contributed by atoms with E-state index in [2.05, 4.69) is 20.4 Å². The molecule has 3 aromatic rings. The number of hydrogen-bond acceptors (Lipinski definition) is 7. The fourth-order valence-electron chi connectivity index (χ4n) is 2.10. The summed E-state index contributed by atoms with van der Waals surface area (Å²) in [4.78, 5) is 19.1. The van der Waals surface area contributed by atoms with Gasteiger partial charge in [0.05, 0.1) is 4.92 Å². The van der Waals surface area contributed by atoms with Crippen molar-refractivity contribution in [2.75, 3.05) is 11.9 Å². The van der Waals surface area contributed by atoms with Gasteiger partial charge in [0.15, 0.2) is 0 Å². The Morgan fingerprint density at radius 3 is 2.87 bits per heavy atom. The topological polar surface area (TPSA) is 107 Å². The summed E-state index contributed by atoms with van der Waals surface area (Å²) in [5, 5.41) is 18.0. The van der Waals surface area contributed by atoms with Crippen LogP contribution in [0.2, 0.25) is 0 Å². The number of anilines is 1. The highest BCUT2D eigenvalue weighted by atomic mass is 16.6. The molecule has 116 valence electrons. The van der Waals surface area contributed by atoms with Gasteiger partial charge in [0.25, 0.3) is 11.6 Å². The van der Waals surface area contributed by atoms with Crippen molar-refractivity contribution in [3.05, 3.63) is 52.7 Å². The highest BCUT2D eigenvalue weighted by Crippen LogP contribution is 2.30. The predicted octanol–water partition coefficient (Wildman–Crippen LogP) is 3.14. The van der Waals surface area contributed by atoms with Crippen molar-refractivity contribution in [3.8, 4) is 23.0 Å². The highest BCUT2D eigenvalue weighted by Gasteiger charge is 2.18. The fourth-order valence-corrected chi connectivity index (χ4v) is 2.10. The van der Waals surface area contributed by atoms with Gasteiger partial charge in [0, 0.05) is 24.4 Å². The smallest absolute Gasteiger partial charge is 0.293 e. The van der Waals surface area contributed by atoms with E-state index in [4.69, 9.17) is 4.52 Å². The maximum atomic E-state index is 11.2. The molecule has 23 heavy (non-hydrogen) atoms. The summed E-state index contributed by atoms with van der Waals surface area (Å²) in [5.74, 6) is 0.538. The summed E-state index contributed by atoms with van der Waals surface area (Å²) in [5.41, 5.74) is 1.47. The molecule has 2 aromatic heterocycles. The van der Waals surface area contributed by atoms with Gasteiger partial charge >= 0.3 is 0 Å². The van der Waals surface area contributed by atoms with E-state index < -0.39 is 4.92 Å². The van der Waals surface area contributed by atoms with E-state index in [-0.39, 0.29) is 17.4 Å². The third kappa shape index (κ3) is 3.00. The maximum absolute atomic E-state index is 11.2. The Kier molecular flexibility index (Phi) is 3.96. The molecular formula is C15H13N5O3. The monoisotopic (exact) mass is 311 g/mol. The first-order valence-electron chi connectivity index (χ1n) is 6.97. The third-order valence-electron chi connectivity index (χ3n) is 3.13. The average molecular weight is 311 g/mol.